The fourth-order valence-corrected chi connectivity index (χ4v) is 2.36. The molecule has 1 aliphatic heterocycles. The number of esters is 1. The van der Waals surface area contributed by atoms with E-state index >= 15 is 0 Å². The lowest BCUT2D eigenvalue weighted by Gasteiger charge is -2.30. The molecular weight excluding hydrogens is 276 g/mol. The number of carbonyl (C=O) groups excluding carboxylic acids is 2. The summed E-state index contributed by atoms with van der Waals surface area (Å²) in [4.78, 5) is 25.6. The first kappa shape index (κ1) is 15.5. The van der Waals surface area contributed by atoms with Crippen LogP contribution in [0.3, 0.4) is 0 Å². The van der Waals surface area contributed by atoms with Crippen LogP contribution in [0.25, 0.3) is 0 Å². The second kappa shape index (κ2) is 7.21. The fourth-order valence-electron chi connectivity index (χ4n) is 2.36. The number of rotatable bonds is 5. The summed E-state index contributed by atoms with van der Waals surface area (Å²) in [6.45, 7) is 3.51. The molecule has 0 aromatic carbocycles. The largest absolute Gasteiger partial charge is 0.466 e. The summed E-state index contributed by atoms with van der Waals surface area (Å²) in [6, 6.07) is 1.59. The average molecular weight is 296 g/mol. The number of amides is 1. The van der Waals surface area contributed by atoms with Crippen molar-refractivity contribution in [2.75, 3.05) is 26.8 Å². The van der Waals surface area contributed by atoms with Gasteiger partial charge < -0.3 is 18.9 Å². The Hall–Kier alpha value is -1.89. The van der Waals surface area contributed by atoms with Crippen LogP contribution < -0.4 is 0 Å². The summed E-state index contributed by atoms with van der Waals surface area (Å²) >= 11 is 0. The van der Waals surface area contributed by atoms with Crippen molar-refractivity contribution < 1.29 is 23.6 Å². The molecule has 0 radical (unpaired) electrons. The van der Waals surface area contributed by atoms with Crippen molar-refractivity contribution in [3.05, 3.63) is 17.5 Å². The first-order valence-corrected chi connectivity index (χ1v) is 7.06. The number of methoxy groups -OCH3 is 1. The van der Waals surface area contributed by atoms with Crippen LogP contribution >= 0.6 is 0 Å². The summed E-state index contributed by atoms with van der Waals surface area (Å²) in [5.74, 6) is 0.0504. The highest BCUT2D eigenvalue weighted by Gasteiger charge is 2.29. The van der Waals surface area contributed by atoms with Crippen molar-refractivity contribution in [2.45, 2.75) is 26.4 Å². The Bertz CT molecular complexity index is 491. The average Bonchev–Trinajstić information content (AvgIpc) is 2.96. The van der Waals surface area contributed by atoms with Crippen LogP contribution in [0.5, 0.6) is 0 Å². The molecule has 7 nitrogen and oxygen atoms in total. The summed E-state index contributed by atoms with van der Waals surface area (Å²) in [5.41, 5.74) is 0.275. The van der Waals surface area contributed by atoms with E-state index in [0.29, 0.717) is 38.3 Å². The Kier molecular flexibility index (Phi) is 5.32. The minimum Gasteiger partial charge on any atom is -0.466 e. The third kappa shape index (κ3) is 3.81. The molecule has 21 heavy (non-hydrogen) atoms. The topological polar surface area (TPSA) is 81.9 Å². The van der Waals surface area contributed by atoms with Crippen LogP contribution in [-0.4, -0.2) is 48.7 Å². The molecule has 0 aliphatic carbocycles. The van der Waals surface area contributed by atoms with E-state index in [-0.39, 0.29) is 30.1 Å². The predicted molar refractivity (Wildman–Crippen MR) is 72.5 cm³/mol. The van der Waals surface area contributed by atoms with Gasteiger partial charge in [-0.25, -0.2) is 0 Å². The van der Waals surface area contributed by atoms with Gasteiger partial charge in [0.15, 0.2) is 11.5 Å². The van der Waals surface area contributed by atoms with Crippen LogP contribution in [0, 0.1) is 5.92 Å². The number of carbonyl (C=O) groups is 2. The van der Waals surface area contributed by atoms with Gasteiger partial charge >= 0.3 is 5.97 Å². The molecule has 116 valence electrons. The monoisotopic (exact) mass is 296 g/mol. The van der Waals surface area contributed by atoms with Crippen LogP contribution in [0.2, 0.25) is 0 Å². The van der Waals surface area contributed by atoms with E-state index in [1.807, 2.05) is 0 Å². The highest BCUT2D eigenvalue weighted by atomic mass is 16.5. The lowest BCUT2D eigenvalue weighted by molar-refractivity contribution is -0.149. The third-order valence-corrected chi connectivity index (χ3v) is 3.47. The Morgan fingerprint density at radius 3 is 2.76 bits per heavy atom. The normalized spacial score (nSPS) is 16.0. The quantitative estimate of drug-likeness (QED) is 0.760. The van der Waals surface area contributed by atoms with E-state index in [4.69, 9.17) is 14.0 Å². The molecule has 1 saturated heterocycles. The molecule has 1 aromatic rings. The molecule has 1 fully saturated rings. The first-order valence-electron chi connectivity index (χ1n) is 7.06. The smallest absolute Gasteiger partial charge is 0.309 e. The number of ether oxygens (including phenoxy) is 2. The zero-order valence-corrected chi connectivity index (χ0v) is 12.3. The maximum Gasteiger partial charge on any atom is 0.309 e. The van der Waals surface area contributed by atoms with Crippen LogP contribution in [0.4, 0.5) is 0 Å². The van der Waals surface area contributed by atoms with Gasteiger partial charge in [-0.3, -0.25) is 9.59 Å². The maximum atomic E-state index is 12.3. The third-order valence-electron chi connectivity index (χ3n) is 3.47. The summed E-state index contributed by atoms with van der Waals surface area (Å²) in [6.07, 6.45) is 1.24. The summed E-state index contributed by atoms with van der Waals surface area (Å²) in [7, 11) is 1.55. The fraction of sp³-hybridized carbons (Fsp3) is 0.643. The molecule has 2 rings (SSSR count). The van der Waals surface area contributed by atoms with Crippen LogP contribution in [0.1, 0.15) is 36.0 Å². The first-order chi connectivity index (χ1) is 10.2. The van der Waals surface area contributed by atoms with Crippen LogP contribution in [0.15, 0.2) is 10.6 Å². The Morgan fingerprint density at radius 1 is 1.43 bits per heavy atom. The minimum atomic E-state index is -0.177. The molecule has 1 aromatic heterocycles. The SMILES string of the molecule is CCOC(=O)C1CCN(C(=O)c2cc(COC)on2)CC1. The highest BCUT2D eigenvalue weighted by Crippen LogP contribution is 2.20. The van der Waals surface area contributed by atoms with Gasteiger partial charge in [0.1, 0.15) is 6.61 Å². The van der Waals surface area contributed by atoms with Gasteiger partial charge in [0.25, 0.3) is 5.91 Å². The summed E-state index contributed by atoms with van der Waals surface area (Å²) < 4.78 is 14.9. The number of hydrogen-bond acceptors (Lipinski definition) is 6. The molecule has 0 bridgehead atoms. The lowest BCUT2D eigenvalue weighted by Crippen LogP contribution is -2.40. The Balaban J connectivity index is 1.89. The van der Waals surface area contributed by atoms with E-state index in [1.54, 1.807) is 25.0 Å². The highest BCUT2D eigenvalue weighted by molar-refractivity contribution is 5.92. The van der Waals surface area contributed by atoms with Gasteiger partial charge in [0, 0.05) is 26.3 Å². The molecule has 1 aliphatic rings. The minimum absolute atomic E-state index is 0.115. The van der Waals surface area contributed by atoms with E-state index in [2.05, 4.69) is 5.16 Å². The molecule has 0 saturated carbocycles. The van der Waals surface area contributed by atoms with E-state index in [9.17, 15) is 9.59 Å². The van der Waals surface area contributed by atoms with E-state index in [1.165, 1.54) is 0 Å². The van der Waals surface area contributed by atoms with Gasteiger partial charge in [-0.05, 0) is 19.8 Å². The molecular formula is C14H20N2O5. The number of hydrogen-bond donors (Lipinski definition) is 0. The van der Waals surface area contributed by atoms with Crippen molar-refractivity contribution in [1.29, 1.82) is 0 Å². The van der Waals surface area contributed by atoms with Gasteiger partial charge in [0.2, 0.25) is 0 Å². The predicted octanol–water partition coefficient (Wildman–Crippen LogP) is 1.24. The van der Waals surface area contributed by atoms with Gasteiger partial charge in [-0.2, -0.15) is 0 Å². The molecule has 0 N–H and O–H groups in total. The molecule has 0 unspecified atom stereocenters. The van der Waals surface area contributed by atoms with Crippen molar-refractivity contribution in [1.82, 2.24) is 10.1 Å². The maximum absolute atomic E-state index is 12.3. The number of likely N-dealkylation sites (tertiary alicyclic amines) is 1. The lowest BCUT2D eigenvalue weighted by atomic mass is 9.97. The Labute approximate surface area is 123 Å². The number of piperidine rings is 1. The molecule has 0 atom stereocenters. The van der Waals surface area contributed by atoms with Crippen molar-refractivity contribution >= 4 is 11.9 Å². The standard InChI is InChI=1S/C14H20N2O5/c1-3-20-14(18)10-4-6-16(7-5-10)13(17)12-8-11(9-19-2)21-15-12/h8,10H,3-7,9H2,1-2H3. The van der Waals surface area contributed by atoms with Crippen LogP contribution in [-0.2, 0) is 20.9 Å². The molecule has 7 heteroatoms. The Morgan fingerprint density at radius 2 is 2.14 bits per heavy atom. The summed E-state index contributed by atoms with van der Waals surface area (Å²) in [5, 5.41) is 3.76. The van der Waals surface area contributed by atoms with E-state index < -0.39 is 0 Å². The van der Waals surface area contributed by atoms with Crippen molar-refractivity contribution in [3.63, 3.8) is 0 Å². The number of aromatic nitrogens is 1. The zero-order chi connectivity index (χ0) is 15.2. The van der Waals surface area contributed by atoms with Gasteiger partial charge in [0.05, 0.1) is 12.5 Å². The van der Waals surface area contributed by atoms with Crippen molar-refractivity contribution in [3.8, 4) is 0 Å². The van der Waals surface area contributed by atoms with E-state index in [0.717, 1.165) is 0 Å². The second-order valence-corrected chi connectivity index (χ2v) is 4.93. The molecule has 2 heterocycles. The van der Waals surface area contributed by atoms with Crippen molar-refractivity contribution in [2.24, 2.45) is 5.92 Å². The number of nitrogens with zero attached hydrogens (tertiary/aromatic N) is 2. The second-order valence-electron chi connectivity index (χ2n) is 4.93. The molecule has 0 spiro atoms. The van der Waals surface area contributed by atoms with Gasteiger partial charge in [-0.1, -0.05) is 5.16 Å². The molecule has 1 amide bonds. The van der Waals surface area contributed by atoms with Gasteiger partial charge in [-0.15, -0.1) is 0 Å². The zero-order valence-electron chi connectivity index (χ0n) is 12.3.